The second-order valence-corrected chi connectivity index (χ2v) is 5.24. The average Bonchev–Trinajstić information content (AvgIpc) is 2.26. The molecule has 0 atom stereocenters. The van der Waals surface area contributed by atoms with E-state index < -0.39 is 0 Å². The molecular weight excluding hydrogens is 327 g/mol. The summed E-state index contributed by atoms with van der Waals surface area (Å²) in [6.45, 7) is 4.28. The molecule has 0 bridgehead atoms. The summed E-state index contributed by atoms with van der Waals surface area (Å²) < 4.78 is 2.88. The monoisotopic (exact) mass is 340 g/mol. The lowest BCUT2D eigenvalue weighted by Gasteiger charge is -2.09. The molecule has 4 heteroatoms. The van der Waals surface area contributed by atoms with E-state index in [0.717, 1.165) is 17.1 Å². The van der Waals surface area contributed by atoms with Gasteiger partial charge in [0, 0.05) is 15.3 Å². The number of nitrogens with zero attached hydrogens (tertiary/aromatic N) is 2. The first-order valence-electron chi connectivity index (χ1n) is 5.36. The van der Waals surface area contributed by atoms with Crippen LogP contribution in [0.2, 0.25) is 0 Å². The Labute approximate surface area is 114 Å². The molecule has 2 aromatic rings. The van der Waals surface area contributed by atoms with Crippen molar-refractivity contribution in [1.82, 2.24) is 9.55 Å². The molecule has 0 N–H and O–H groups in total. The minimum absolute atomic E-state index is 0.00792. The van der Waals surface area contributed by atoms with Crippen molar-refractivity contribution in [1.29, 1.82) is 0 Å². The molecule has 0 unspecified atom stereocenters. The highest BCUT2D eigenvalue weighted by Crippen LogP contribution is 2.08. The summed E-state index contributed by atoms with van der Waals surface area (Å²) in [6.07, 6.45) is 0. The number of rotatable bonds is 2. The molecule has 0 aliphatic heterocycles. The van der Waals surface area contributed by atoms with Crippen molar-refractivity contribution in [3.8, 4) is 0 Å². The number of benzene rings is 1. The molecule has 0 spiro atoms. The van der Waals surface area contributed by atoms with E-state index >= 15 is 0 Å². The summed E-state index contributed by atoms with van der Waals surface area (Å²) in [7, 11) is 0. The van der Waals surface area contributed by atoms with Gasteiger partial charge in [-0.25, -0.2) is 4.98 Å². The Morgan fingerprint density at radius 1 is 1.24 bits per heavy atom. The maximum absolute atomic E-state index is 11.9. The van der Waals surface area contributed by atoms with Crippen molar-refractivity contribution in [2.75, 3.05) is 0 Å². The van der Waals surface area contributed by atoms with E-state index in [9.17, 15) is 4.79 Å². The van der Waals surface area contributed by atoms with E-state index in [0.29, 0.717) is 6.54 Å². The second kappa shape index (κ2) is 5.00. The quantitative estimate of drug-likeness (QED) is 0.788. The van der Waals surface area contributed by atoms with Gasteiger partial charge < -0.3 is 0 Å². The zero-order chi connectivity index (χ0) is 12.4. The Kier molecular flexibility index (Phi) is 3.61. The fraction of sp³-hybridized carbons (Fsp3) is 0.231. The molecule has 0 radical (unpaired) electrons. The molecule has 3 nitrogen and oxygen atoms in total. The summed E-state index contributed by atoms with van der Waals surface area (Å²) in [4.78, 5) is 16.2. The van der Waals surface area contributed by atoms with Gasteiger partial charge in [-0.2, -0.15) is 0 Å². The summed E-state index contributed by atoms with van der Waals surface area (Å²) >= 11 is 2.26. The van der Waals surface area contributed by atoms with E-state index in [1.54, 1.807) is 10.6 Å². The van der Waals surface area contributed by atoms with Crippen LogP contribution in [0, 0.1) is 17.4 Å². The van der Waals surface area contributed by atoms with Crippen LogP contribution < -0.4 is 5.56 Å². The number of hydrogen-bond donors (Lipinski definition) is 0. The molecule has 1 heterocycles. The fourth-order valence-corrected chi connectivity index (χ4v) is 2.09. The van der Waals surface area contributed by atoms with Crippen LogP contribution in [0.5, 0.6) is 0 Å². The van der Waals surface area contributed by atoms with Crippen molar-refractivity contribution in [3.05, 3.63) is 61.3 Å². The number of hydrogen-bond acceptors (Lipinski definition) is 2. The highest BCUT2D eigenvalue weighted by Gasteiger charge is 2.03. The Balaban J connectivity index is 2.36. The van der Waals surface area contributed by atoms with Gasteiger partial charge in [-0.15, -0.1) is 0 Å². The summed E-state index contributed by atoms with van der Waals surface area (Å²) in [5.74, 6) is 0.758. The molecule has 0 saturated heterocycles. The molecule has 17 heavy (non-hydrogen) atoms. The van der Waals surface area contributed by atoms with Gasteiger partial charge >= 0.3 is 0 Å². The molecule has 0 amide bonds. The van der Waals surface area contributed by atoms with Gasteiger partial charge in [0.15, 0.2) is 0 Å². The molecular formula is C13H13IN2O. The predicted octanol–water partition coefficient (Wildman–Crippen LogP) is 2.51. The summed E-state index contributed by atoms with van der Waals surface area (Å²) in [6, 6.07) is 9.72. The Bertz CT molecular complexity index is 587. The number of halogens is 1. The predicted molar refractivity (Wildman–Crippen MR) is 76.2 cm³/mol. The van der Waals surface area contributed by atoms with E-state index in [1.807, 2.05) is 38.1 Å². The maximum Gasteiger partial charge on any atom is 0.254 e. The summed E-state index contributed by atoms with van der Waals surface area (Å²) in [5, 5.41) is 0. The first-order chi connectivity index (χ1) is 8.06. The summed E-state index contributed by atoms with van der Waals surface area (Å²) in [5.41, 5.74) is 1.89. The van der Waals surface area contributed by atoms with Crippen molar-refractivity contribution in [3.63, 3.8) is 0 Å². The first kappa shape index (κ1) is 12.3. The maximum atomic E-state index is 11.9. The minimum Gasteiger partial charge on any atom is -0.292 e. The Morgan fingerprint density at radius 2 is 1.88 bits per heavy atom. The van der Waals surface area contributed by atoms with Crippen LogP contribution in [0.1, 0.15) is 17.1 Å². The van der Waals surface area contributed by atoms with Gasteiger partial charge in [-0.3, -0.25) is 9.36 Å². The fourth-order valence-electron chi connectivity index (χ4n) is 1.73. The van der Waals surface area contributed by atoms with E-state index in [1.165, 1.54) is 3.57 Å². The zero-order valence-corrected chi connectivity index (χ0v) is 11.9. The van der Waals surface area contributed by atoms with E-state index in [4.69, 9.17) is 0 Å². The molecule has 0 fully saturated rings. The second-order valence-electron chi connectivity index (χ2n) is 4.00. The van der Waals surface area contributed by atoms with Crippen LogP contribution in [0.25, 0.3) is 0 Å². The molecule has 1 aromatic heterocycles. The van der Waals surface area contributed by atoms with Gasteiger partial charge in [-0.05, 0) is 54.1 Å². The minimum atomic E-state index is 0.00792. The van der Waals surface area contributed by atoms with Gasteiger partial charge in [0.25, 0.3) is 5.56 Å². The van der Waals surface area contributed by atoms with Gasteiger partial charge in [-0.1, -0.05) is 12.1 Å². The van der Waals surface area contributed by atoms with Crippen LogP contribution in [0.15, 0.2) is 35.1 Å². The van der Waals surface area contributed by atoms with Gasteiger partial charge in [0.1, 0.15) is 5.82 Å². The molecule has 0 aliphatic carbocycles. The van der Waals surface area contributed by atoms with Crippen LogP contribution in [0.4, 0.5) is 0 Å². The lowest BCUT2D eigenvalue weighted by Crippen LogP contribution is -2.24. The van der Waals surface area contributed by atoms with Crippen LogP contribution in [-0.4, -0.2) is 9.55 Å². The SMILES string of the molecule is Cc1cc(=O)n(Cc2ccc(I)cc2)c(C)n1. The first-order valence-corrected chi connectivity index (χ1v) is 6.43. The standard InChI is InChI=1S/C13H13IN2O/c1-9-7-13(17)16(10(2)15-9)8-11-3-5-12(14)6-4-11/h3-7H,8H2,1-2H3. The largest absolute Gasteiger partial charge is 0.292 e. The molecule has 0 aliphatic rings. The zero-order valence-electron chi connectivity index (χ0n) is 9.77. The Hall–Kier alpha value is -1.17. The number of aromatic nitrogens is 2. The third kappa shape index (κ3) is 2.94. The molecule has 88 valence electrons. The van der Waals surface area contributed by atoms with Crippen LogP contribution in [-0.2, 0) is 6.54 Å². The van der Waals surface area contributed by atoms with Crippen molar-refractivity contribution < 1.29 is 0 Å². The van der Waals surface area contributed by atoms with Crippen molar-refractivity contribution >= 4 is 22.6 Å². The van der Waals surface area contributed by atoms with Crippen LogP contribution >= 0.6 is 22.6 Å². The smallest absolute Gasteiger partial charge is 0.254 e. The number of aryl methyl sites for hydroxylation is 2. The topological polar surface area (TPSA) is 34.9 Å². The average molecular weight is 340 g/mol. The molecule has 1 aromatic carbocycles. The van der Waals surface area contributed by atoms with E-state index in [2.05, 4.69) is 27.6 Å². The van der Waals surface area contributed by atoms with E-state index in [-0.39, 0.29) is 5.56 Å². The van der Waals surface area contributed by atoms with Gasteiger partial charge in [0.05, 0.1) is 6.54 Å². The van der Waals surface area contributed by atoms with Crippen LogP contribution in [0.3, 0.4) is 0 Å². The highest BCUT2D eigenvalue weighted by atomic mass is 127. The lowest BCUT2D eigenvalue weighted by atomic mass is 10.2. The Morgan fingerprint density at radius 3 is 2.47 bits per heavy atom. The molecule has 2 rings (SSSR count). The third-order valence-corrected chi connectivity index (χ3v) is 3.30. The third-order valence-electron chi connectivity index (χ3n) is 2.58. The normalized spacial score (nSPS) is 10.5. The highest BCUT2D eigenvalue weighted by molar-refractivity contribution is 14.1. The van der Waals surface area contributed by atoms with Crippen molar-refractivity contribution in [2.45, 2.75) is 20.4 Å². The molecule has 0 saturated carbocycles. The van der Waals surface area contributed by atoms with Gasteiger partial charge in [0.2, 0.25) is 0 Å². The van der Waals surface area contributed by atoms with Crippen molar-refractivity contribution in [2.24, 2.45) is 0 Å². The lowest BCUT2D eigenvalue weighted by molar-refractivity contribution is 0.694.